The fourth-order valence-corrected chi connectivity index (χ4v) is 3.27. The molecule has 1 aliphatic rings. The normalized spacial score (nSPS) is 13.5. The van der Waals surface area contributed by atoms with Crippen molar-refractivity contribution in [1.29, 1.82) is 0 Å². The van der Waals surface area contributed by atoms with E-state index in [0.29, 0.717) is 23.7 Å². The molecule has 0 bridgehead atoms. The molecule has 26 heavy (non-hydrogen) atoms. The Hall–Kier alpha value is -2.63. The number of carbonyl (C=O) groups excluding carboxylic acids is 1. The van der Waals surface area contributed by atoms with Crippen molar-refractivity contribution in [3.8, 4) is 11.4 Å². The molecule has 132 valence electrons. The monoisotopic (exact) mass is 367 g/mol. The molecule has 2 aromatic carbocycles. The maximum Gasteiger partial charge on any atom is 0.254 e. The van der Waals surface area contributed by atoms with Gasteiger partial charge >= 0.3 is 0 Å². The average Bonchev–Trinajstić information content (AvgIpc) is 3.11. The summed E-state index contributed by atoms with van der Waals surface area (Å²) in [5.41, 5.74) is 4.38. The Morgan fingerprint density at radius 1 is 1.15 bits per heavy atom. The van der Waals surface area contributed by atoms with Gasteiger partial charge < -0.3 is 15.0 Å². The van der Waals surface area contributed by atoms with E-state index in [4.69, 9.17) is 16.7 Å². The molecule has 0 radical (unpaired) electrons. The van der Waals surface area contributed by atoms with Crippen LogP contribution >= 0.6 is 11.6 Å². The van der Waals surface area contributed by atoms with E-state index >= 15 is 0 Å². The Balaban J connectivity index is 1.53. The largest absolute Gasteiger partial charge is 0.392 e. The summed E-state index contributed by atoms with van der Waals surface area (Å²) in [5, 5.41) is 9.81. The number of carbonyl (C=O) groups is 1. The molecule has 0 aliphatic carbocycles. The first-order chi connectivity index (χ1) is 12.6. The van der Waals surface area contributed by atoms with Crippen LogP contribution in [0.3, 0.4) is 0 Å². The first kappa shape index (κ1) is 16.8. The molecule has 2 N–H and O–H groups in total. The van der Waals surface area contributed by atoms with Gasteiger partial charge in [-0.1, -0.05) is 23.7 Å². The van der Waals surface area contributed by atoms with Crippen LogP contribution < -0.4 is 0 Å². The highest BCUT2D eigenvalue weighted by Crippen LogP contribution is 2.24. The minimum absolute atomic E-state index is 0.0113. The zero-order valence-electron chi connectivity index (χ0n) is 14.1. The highest BCUT2D eigenvalue weighted by molar-refractivity contribution is 6.30. The minimum atomic E-state index is -0.0246. The lowest BCUT2D eigenvalue weighted by Gasteiger charge is -2.26. The Bertz CT molecular complexity index is 933. The van der Waals surface area contributed by atoms with E-state index in [0.717, 1.165) is 34.8 Å². The fraction of sp³-hybridized carbons (Fsp3) is 0.200. The standard InChI is InChI=1S/C20H18ClN3O2/c21-16-7-5-14(6-8-16)19-22-17-9-10-24(11-18(17)23-19)20(26)15-3-1-13(12-25)2-4-15/h1-8,25H,9-12H2,(H,22,23). The van der Waals surface area contributed by atoms with E-state index in [-0.39, 0.29) is 12.5 Å². The number of rotatable bonds is 3. The van der Waals surface area contributed by atoms with Gasteiger partial charge in [0.1, 0.15) is 5.82 Å². The van der Waals surface area contributed by atoms with Crippen molar-refractivity contribution in [2.45, 2.75) is 19.6 Å². The molecule has 0 fully saturated rings. The number of aliphatic hydroxyl groups is 1. The number of imidazole rings is 1. The van der Waals surface area contributed by atoms with Crippen molar-refractivity contribution in [2.75, 3.05) is 6.54 Å². The van der Waals surface area contributed by atoms with E-state index in [1.807, 2.05) is 29.2 Å². The quantitative estimate of drug-likeness (QED) is 0.745. The number of H-pyrrole nitrogens is 1. The summed E-state index contributed by atoms with van der Waals surface area (Å²) >= 11 is 5.94. The van der Waals surface area contributed by atoms with Crippen molar-refractivity contribution in [1.82, 2.24) is 14.9 Å². The van der Waals surface area contributed by atoms with Crippen molar-refractivity contribution in [2.24, 2.45) is 0 Å². The summed E-state index contributed by atoms with van der Waals surface area (Å²) in [6, 6.07) is 14.6. The maximum atomic E-state index is 12.7. The van der Waals surface area contributed by atoms with Crippen LogP contribution in [0.25, 0.3) is 11.4 Å². The third-order valence-corrected chi connectivity index (χ3v) is 4.87. The molecule has 2 heterocycles. The Morgan fingerprint density at radius 3 is 2.58 bits per heavy atom. The Labute approximate surface area is 156 Å². The summed E-state index contributed by atoms with van der Waals surface area (Å²) < 4.78 is 0. The Morgan fingerprint density at radius 2 is 1.88 bits per heavy atom. The highest BCUT2D eigenvalue weighted by atomic mass is 35.5. The van der Waals surface area contributed by atoms with Crippen LogP contribution in [0, 0.1) is 0 Å². The van der Waals surface area contributed by atoms with Crippen LogP contribution in [-0.4, -0.2) is 32.4 Å². The van der Waals surface area contributed by atoms with Gasteiger partial charge in [0.05, 0.1) is 24.5 Å². The van der Waals surface area contributed by atoms with E-state index in [1.54, 1.807) is 24.3 Å². The summed E-state index contributed by atoms with van der Waals surface area (Å²) in [7, 11) is 0. The molecule has 0 spiro atoms. The molecule has 1 aromatic heterocycles. The second kappa shape index (κ2) is 6.94. The second-order valence-electron chi connectivity index (χ2n) is 6.35. The predicted molar refractivity (Wildman–Crippen MR) is 99.8 cm³/mol. The molecule has 3 aromatic rings. The van der Waals surface area contributed by atoms with Gasteiger partial charge in [0.25, 0.3) is 5.91 Å². The molecule has 0 atom stereocenters. The lowest BCUT2D eigenvalue weighted by molar-refractivity contribution is 0.0732. The molecule has 6 heteroatoms. The van der Waals surface area contributed by atoms with Gasteiger partial charge in [-0.05, 0) is 42.0 Å². The van der Waals surface area contributed by atoms with Crippen LogP contribution in [0.15, 0.2) is 48.5 Å². The van der Waals surface area contributed by atoms with E-state index in [2.05, 4.69) is 9.97 Å². The van der Waals surface area contributed by atoms with Crippen molar-refractivity contribution >= 4 is 17.5 Å². The van der Waals surface area contributed by atoms with Crippen LogP contribution in [-0.2, 0) is 19.6 Å². The van der Waals surface area contributed by atoms with Gasteiger partial charge in [-0.2, -0.15) is 0 Å². The highest BCUT2D eigenvalue weighted by Gasteiger charge is 2.24. The van der Waals surface area contributed by atoms with Crippen LogP contribution in [0.1, 0.15) is 27.3 Å². The van der Waals surface area contributed by atoms with Crippen molar-refractivity contribution in [3.05, 3.63) is 76.1 Å². The number of benzene rings is 2. The lowest BCUT2D eigenvalue weighted by Crippen LogP contribution is -2.36. The number of nitrogens with one attached hydrogen (secondary N) is 1. The summed E-state index contributed by atoms with van der Waals surface area (Å²) in [5.74, 6) is 0.788. The van der Waals surface area contributed by atoms with E-state index in [9.17, 15) is 4.79 Å². The van der Waals surface area contributed by atoms with Gasteiger partial charge in [-0.15, -0.1) is 0 Å². The minimum Gasteiger partial charge on any atom is -0.392 e. The van der Waals surface area contributed by atoms with Crippen molar-refractivity contribution in [3.63, 3.8) is 0 Å². The van der Waals surface area contributed by atoms with Crippen LogP contribution in [0.2, 0.25) is 5.02 Å². The number of aromatic nitrogens is 2. The van der Waals surface area contributed by atoms with E-state index in [1.165, 1.54) is 0 Å². The second-order valence-corrected chi connectivity index (χ2v) is 6.79. The smallest absolute Gasteiger partial charge is 0.254 e. The number of hydrogen-bond acceptors (Lipinski definition) is 3. The molecule has 0 saturated carbocycles. The Kier molecular flexibility index (Phi) is 4.49. The number of fused-ring (bicyclic) bond motifs is 1. The lowest BCUT2D eigenvalue weighted by atomic mass is 10.1. The van der Waals surface area contributed by atoms with Gasteiger partial charge in [0.15, 0.2) is 0 Å². The summed E-state index contributed by atoms with van der Waals surface area (Å²) in [6.45, 7) is 1.12. The maximum absolute atomic E-state index is 12.7. The number of amides is 1. The molecule has 4 rings (SSSR count). The zero-order valence-corrected chi connectivity index (χ0v) is 14.8. The number of aliphatic hydroxyl groups excluding tert-OH is 1. The molecule has 1 amide bonds. The molecular formula is C20H18ClN3O2. The van der Waals surface area contributed by atoms with Gasteiger partial charge in [0.2, 0.25) is 0 Å². The fourth-order valence-electron chi connectivity index (χ4n) is 3.15. The molecule has 1 aliphatic heterocycles. The third kappa shape index (κ3) is 3.23. The summed E-state index contributed by atoms with van der Waals surface area (Å²) in [6.07, 6.45) is 0.722. The van der Waals surface area contributed by atoms with E-state index < -0.39 is 0 Å². The molecule has 0 unspecified atom stereocenters. The van der Waals surface area contributed by atoms with Crippen LogP contribution in [0.4, 0.5) is 0 Å². The SMILES string of the molecule is O=C(c1ccc(CO)cc1)N1CCc2nc(-c3ccc(Cl)cc3)[nH]c2C1. The number of nitrogens with zero attached hydrogens (tertiary/aromatic N) is 2. The van der Waals surface area contributed by atoms with Crippen molar-refractivity contribution < 1.29 is 9.90 Å². The first-order valence-electron chi connectivity index (χ1n) is 8.47. The van der Waals surface area contributed by atoms with Crippen LogP contribution in [0.5, 0.6) is 0 Å². The predicted octanol–water partition coefficient (Wildman–Crippen LogP) is 3.42. The topological polar surface area (TPSA) is 69.2 Å². The van der Waals surface area contributed by atoms with Gasteiger partial charge in [0, 0.05) is 29.1 Å². The summed E-state index contributed by atoms with van der Waals surface area (Å²) in [4.78, 5) is 22.6. The van der Waals surface area contributed by atoms with Gasteiger partial charge in [-0.25, -0.2) is 4.98 Å². The third-order valence-electron chi connectivity index (χ3n) is 4.62. The molecule has 0 saturated heterocycles. The average molecular weight is 368 g/mol. The molecule has 5 nitrogen and oxygen atoms in total. The van der Waals surface area contributed by atoms with Gasteiger partial charge in [-0.3, -0.25) is 4.79 Å². The number of halogens is 1. The number of hydrogen-bond donors (Lipinski definition) is 2. The number of aromatic amines is 1. The zero-order chi connectivity index (χ0) is 18.1. The molecular weight excluding hydrogens is 350 g/mol. The first-order valence-corrected chi connectivity index (χ1v) is 8.84.